The van der Waals surface area contributed by atoms with Gasteiger partial charge in [0.05, 0.1) is 6.26 Å². The van der Waals surface area contributed by atoms with E-state index in [1.807, 2.05) is 36.6 Å². The van der Waals surface area contributed by atoms with E-state index < -0.39 is 5.91 Å². The zero-order valence-electron chi connectivity index (χ0n) is 13.7. The van der Waals surface area contributed by atoms with Gasteiger partial charge in [0, 0.05) is 23.6 Å². The molecule has 0 aliphatic heterocycles. The van der Waals surface area contributed by atoms with Crippen LogP contribution in [0.3, 0.4) is 0 Å². The van der Waals surface area contributed by atoms with E-state index >= 15 is 0 Å². The third-order valence-corrected chi connectivity index (χ3v) is 3.99. The lowest BCUT2D eigenvalue weighted by Gasteiger charge is -2.06. The number of aliphatic hydroxyl groups is 1. The van der Waals surface area contributed by atoms with Gasteiger partial charge in [0.25, 0.3) is 0 Å². The molecule has 0 saturated heterocycles. The second kappa shape index (κ2) is 7.68. The van der Waals surface area contributed by atoms with Crippen molar-refractivity contribution in [2.75, 3.05) is 6.54 Å². The zero-order chi connectivity index (χ0) is 17.6. The molecule has 1 heterocycles. The molecule has 0 spiro atoms. The first-order chi connectivity index (χ1) is 12.1. The number of primary amides is 1. The van der Waals surface area contributed by atoms with Crippen molar-refractivity contribution >= 4 is 22.6 Å². The summed E-state index contributed by atoms with van der Waals surface area (Å²) in [6.45, 7) is 1.55. The molecular weight excluding hydrogens is 316 g/mol. The molecule has 3 aromatic rings. The van der Waals surface area contributed by atoms with Crippen molar-refractivity contribution in [2.45, 2.75) is 13.0 Å². The van der Waals surface area contributed by atoms with Crippen molar-refractivity contribution in [3.8, 4) is 0 Å². The highest BCUT2D eigenvalue weighted by atomic mass is 16.3. The molecule has 0 saturated carbocycles. The second-order valence-corrected chi connectivity index (χ2v) is 5.81. The normalized spacial score (nSPS) is 11.8. The minimum Gasteiger partial charge on any atom is -0.507 e. The summed E-state index contributed by atoms with van der Waals surface area (Å²) >= 11 is 0. The van der Waals surface area contributed by atoms with E-state index in [0.29, 0.717) is 5.56 Å². The number of carbonyl (C=O) groups is 1. The van der Waals surface area contributed by atoms with Gasteiger partial charge in [-0.05, 0) is 30.2 Å². The Labute approximate surface area is 145 Å². The fourth-order valence-electron chi connectivity index (χ4n) is 2.69. The number of para-hydroxylation sites is 1. The molecule has 5 nitrogen and oxygen atoms in total. The lowest BCUT2D eigenvalue weighted by Crippen LogP contribution is -2.16. The fourth-order valence-corrected chi connectivity index (χ4v) is 2.69. The predicted octanol–water partition coefficient (Wildman–Crippen LogP) is 3.15. The summed E-state index contributed by atoms with van der Waals surface area (Å²) in [7, 11) is 0. The first kappa shape index (κ1) is 16.8. The average Bonchev–Trinajstić information content (AvgIpc) is 3.02. The minimum absolute atomic E-state index is 0.126. The number of rotatable bonds is 7. The number of benzene rings is 2. The number of nitrogens with one attached hydrogen (secondary N) is 1. The number of carbonyl (C=O) groups excluding carboxylic acids is 1. The Morgan fingerprint density at radius 3 is 2.68 bits per heavy atom. The Morgan fingerprint density at radius 1 is 1.16 bits per heavy atom. The van der Waals surface area contributed by atoms with Gasteiger partial charge in [-0.2, -0.15) is 0 Å². The highest BCUT2D eigenvalue weighted by Gasteiger charge is 2.05. The molecular formula is C20H20N2O3. The third-order valence-electron chi connectivity index (χ3n) is 3.99. The molecule has 128 valence electrons. The molecule has 1 aromatic heterocycles. The third kappa shape index (κ3) is 4.28. The van der Waals surface area contributed by atoms with Crippen molar-refractivity contribution < 1.29 is 14.3 Å². The summed E-state index contributed by atoms with van der Waals surface area (Å²) in [6.07, 6.45) is 3.70. The number of hydrogen-bond acceptors (Lipinski definition) is 4. The van der Waals surface area contributed by atoms with E-state index in [-0.39, 0.29) is 5.76 Å². The molecule has 4 N–H and O–H groups in total. The van der Waals surface area contributed by atoms with Crippen molar-refractivity contribution in [3.05, 3.63) is 77.6 Å². The molecule has 2 aromatic carbocycles. The van der Waals surface area contributed by atoms with Crippen LogP contribution in [0, 0.1) is 0 Å². The van der Waals surface area contributed by atoms with Gasteiger partial charge in [-0.25, -0.2) is 0 Å². The Kier molecular flexibility index (Phi) is 5.16. The number of nitrogens with two attached hydrogens (primary N) is 1. The van der Waals surface area contributed by atoms with E-state index in [1.165, 1.54) is 5.56 Å². The van der Waals surface area contributed by atoms with Crippen LogP contribution >= 0.6 is 0 Å². The molecule has 0 bridgehead atoms. The Hall–Kier alpha value is -3.05. The topological polar surface area (TPSA) is 88.5 Å². The van der Waals surface area contributed by atoms with Gasteiger partial charge in [0.1, 0.15) is 11.3 Å². The van der Waals surface area contributed by atoms with Crippen LogP contribution in [0.5, 0.6) is 0 Å². The summed E-state index contributed by atoms with van der Waals surface area (Å²) in [5.74, 6) is -0.797. The largest absolute Gasteiger partial charge is 0.507 e. The zero-order valence-corrected chi connectivity index (χ0v) is 13.7. The monoisotopic (exact) mass is 336 g/mol. The van der Waals surface area contributed by atoms with Crippen LogP contribution in [0.1, 0.15) is 16.7 Å². The number of amides is 1. The molecule has 1 amide bonds. The first-order valence-electron chi connectivity index (χ1n) is 8.09. The highest BCUT2D eigenvalue weighted by molar-refractivity contribution is 5.92. The molecule has 25 heavy (non-hydrogen) atoms. The number of furan rings is 1. The Balaban J connectivity index is 1.51. The predicted molar refractivity (Wildman–Crippen MR) is 97.9 cm³/mol. The summed E-state index contributed by atoms with van der Waals surface area (Å²) in [4.78, 5) is 10.8. The van der Waals surface area contributed by atoms with Crippen LogP contribution in [0.15, 0.2) is 65.3 Å². The van der Waals surface area contributed by atoms with Crippen molar-refractivity contribution in [2.24, 2.45) is 5.73 Å². The molecule has 3 rings (SSSR count). The Morgan fingerprint density at radius 2 is 1.92 bits per heavy atom. The van der Waals surface area contributed by atoms with Gasteiger partial charge >= 0.3 is 0 Å². The number of fused-ring (bicyclic) bond motifs is 1. The van der Waals surface area contributed by atoms with Crippen molar-refractivity contribution in [1.82, 2.24) is 5.32 Å². The maximum atomic E-state index is 10.8. The van der Waals surface area contributed by atoms with Crippen LogP contribution < -0.4 is 11.1 Å². The lowest BCUT2D eigenvalue weighted by atomic mass is 10.1. The van der Waals surface area contributed by atoms with E-state index in [9.17, 15) is 9.90 Å². The van der Waals surface area contributed by atoms with Gasteiger partial charge in [0.2, 0.25) is 5.91 Å². The molecule has 0 atom stereocenters. The van der Waals surface area contributed by atoms with E-state index in [2.05, 4.69) is 11.4 Å². The maximum absolute atomic E-state index is 10.8. The smallest absolute Gasteiger partial charge is 0.245 e. The minimum atomic E-state index is -0.671. The summed E-state index contributed by atoms with van der Waals surface area (Å²) in [5, 5.41) is 14.3. The second-order valence-electron chi connectivity index (χ2n) is 5.81. The molecule has 5 heteroatoms. The molecule has 0 aliphatic rings. The van der Waals surface area contributed by atoms with Crippen LogP contribution in [-0.4, -0.2) is 17.6 Å². The first-order valence-corrected chi connectivity index (χ1v) is 8.09. The van der Waals surface area contributed by atoms with E-state index in [1.54, 1.807) is 12.1 Å². The van der Waals surface area contributed by atoms with Crippen LogP contribution in [0.25, 0.3) is 16.7 Å². The number of hydrogen-bond donors (Lipinski definition) is 3. The van der Waals surface area contributed by atoms with E-state index in [4.69, 9.17) is 10.2 Å². The summed E-state index contributed by atoms with van der Waals surface area (Å²) < 4.78 is 5.54. The Bertz CT molecular complexity index is 895. The fraction of sp³-hybridized carbons (Fsp3) is 0.150. The van der Waals surface area contributed by atoms with Gasteiger partial charge < -0.3 is 20.6 Å². The number of aliphatic hydroxyl groups excluding tert-OH is 1. The highest BCUT2D eigenvalue weighted by Crippen LogP contribution is 2.20. The molecule has 0 unspecified atom stereocenters. The average molecular weight is 336 g/mol. The van der Waals surface area contributed by atoms with Crippen molar-refractivity contribution in [3.63, 3.8) is 0 Å². The summed E-state index contributed by atoms with van der Waals surface area (Å²) in [5.41, 5.74) is 8.79. The SMILES string of the molecule is NC(=O)/C=C(\O)c1ccc(CNCCc2coc3ccccc23)cc1. The molecule has 0 aliphatic carbocycles. The van der Waals surface area contributed by atoms with Gasteiger partial charge in [0.15, 0.2) is 0 Å². The van der Waals surface area contributed by atoms with Crippen molar-refractivity contribution in [1.29, 1.82) is 0 Å². The van der Waals surface area contributed by atoms with Crippen LogP contribution in [-0.2, 0) is 17.8 Å². The standard InChI is InChI=1S/C20H20N2O3/c21-20(24)11-18(23)15-7-5-14(6-8-15)12-22-10-9-16-13-25-19-4-2-1-3-17(16)19/h1-8,11,13,22-23H,9-10,12H2,(H2,21,24)/b18-11-. The van der Waals surface area contributed by atoms with Gasteiger partial charge in [-0.3, -0.25) is 4.79 Å². The quantitative estimate of drug-likeness (QED) is 0.351. The summed E-state index contributed by atoms with van der Waals surface area (Å²) in [6, 6.07) is 15.3. The van der Waals surface area contributed by atoms with Gasteiger partial charge in [-0.15, -0.1) is 0 Å². The lowest BCUT2D eigenvalue weighted by molar-refractivity contribution is -0.113. The van der Waals surface area contributed by atoms with E-state index in [0.717, 1.165) is 42.1 Å². The molecule has 0 radical (unpaired) electrons. The molecule has 0 fully saturated rings. The van der Waals surface area contributed by atoms with Gasteiger partial charge in [-0.1, -0.05) is 42.5 Å². The van der Waals surface area contributed by atoms with Crippen LogP contribution in [0.2, 0.25) is 0 Å². The van der Waals surface area contributed by atoms with Crippen LogP contribution in [0.4, 0.5) is 0 Å². The maximum Gasteiger partial charge on any atom is 0.245 e.